The van der Waals surface area contributed by atoms with Crippen molar-refractivity contribution in [2.45, 2.75) is 82.1 Å². The van der Waals surface area contributed by atoms with Gasteiger partial charge in [0.25, 0.3) is 0 Å². The Balaban J connectivity index is -0.000000383. The van der Waals surface area contributed by atoms with Crippen LogP contribution in [0.5, 0.6) is 0 Å². The van der Waals surface area contributed by atoms with Gasteiger partial charge < -0.3 is 14.5 Å². The number of aromatic nitrogens is 2. The lowest BCUT2D eigenvalue weighted by molar-refractivity contribution is -0.110. The number of aldehydes is 1. The third-order valence-corrected chi connectivity index (χ3v) is 4.71. The van der Waals surface area contributed by atoms with Crippen molar-refractivity contribution in [3.8, 4) is 11.4 Å². The molecule has 0 amide bonds. The second-order valence-corrected chi connectivity index (χ2v) is 8.54. The van der Waals surface area contributed by atoms with E-state index in [0.29, 0.717) is 5.82 Å². The molecule has 1 heterocycles. The van der Waals surface area contributed by atoms with Crippen molar-refractivity contribution in [3.63, 3.8) is 0 Å². The number of rotatable bonds is 8. The van der Waals surface area contributed by atoms with Crippen molar-refractivity contribution in [2.24, 2.45) is 10.9 Å². The van der Waals surface area contributed by atoms with Crippen LogP contribution in [0.25, 0.3) is 22.5 Å². The summed E-state index contributed by atoms with van der Waals surface area (Å²) in [7, 11) is 5.76. The van der Waals surface area contributed by atoms with Gasteiger partial charge in [-0.3, -0.25) is 4.99 Å². The molecule has 0 radical (unpaired) electrons. The molecule has 2 aromatic rings. The molecule has 1 aromatic heterocycles. The number of hydrogen-bond donors (Lipinski definition) is 0. The highest BCUT2D eigenvalue weighted by molar-refractivity contribution is 6.09. The first-order valence-corrected chi connectivity index (χ1v) is 14.5. The van der Waals surface area contributed by atoms with E-state index >= 15 is 0 Å². The van der Waals surface area contributed by atoms with Gasteiger partial charge in [0.05, 0.1) is 0 Å². The molecule has 0 atom stereocenters. The van der Waals surface area contributed by atoms with Crippen LogP contribution in [-0.2, 0) is 9.59 Å². The molecule has 0 bridgehead atoms. The van der Waals surface area contributed by atoms with Gasteiger partial charge in [0.2, 0.25) is 0 Å². The van der Waals surface area contributed by atoms with Gasteiger partial charge in [-0.15, -0.1) is 0 Å². The summed E-state index contributed by atoms with van der Waals surface area (Å²) in [5.41, 5.74) is 6.07. The second kappa shape index (κ2) is 30.9. The second-order valence-electron chi connectivity index (χ2n) is 8.54. The lowest BCUT2D eigenvalue weighted by Crippen LogP contribution is -2.02. The van der Waals surface area contributed by atoms with Crippen molar-refractivity contribution in [3.05, 3.63) is 72.2 Å². The van der Waals surface area contributed by atoms with Crippen LogP contribution in [0.3, 0.4) is 0 Å². The van der Waals surface area contributed by atoms with Gasteiger partial charge >= 0.3 is 0 Å². The molecule has 6 heteroatoms. The van der Waals surface area contributed by atoms with Crippen molar-refractivity contribution in [2.75, 3.05) is 21.1 Å². The topological polar surface area (TPSA) is 75.5 Å². The molecule has 0 saturated carbocycles. The summed E-state index contributed by atoms with van der Waals surface area (Å²) in [5.74, 6) is 0.917. The fourth-order valence-electron chi connectivity index (χ4n) is 2.69. The maximum Gasteiger partial charge on any atom is 0.159 e. The number of hydrogen-bond acceptors (Lipinski definition) is 6. The number of aliphatic imine (C=N–C) groups is 1. The Kier molecular flexibility index (Phi) is 33.4. The number of unbranched alkanes of at least 4 members (excludes halogenated alkanes) is 1. The van der Waals surface area contributed by atoms with Crippen molar-refractivity contribution in [1.82, 2.24) is 14.9 Å². The van der Waals surface area contributed by atoms with Crippen LogP contribution in [0.1, 0.15) is 92.0 Å². The molecule has 0 unspecified atom stereocenters. The van der Waals surface area contributed by atoms with E-state index in [1.807, 2.05) is 124 Å². The van der Waals surface area contributed by atoms with Crippen LogP contribution >= 0.6 is 0 Å². The quantitative estimate of drug-likeness (QED) is 0.181. The summed E-state index contributed by atoms with van der Waals surface area (Å²) < 4.78 is 0. The van der Waals surface area contributed by atoms with Crippen LogP contribution in [0.15, 0.2) is 60.4 Å². The molecule has 0 aliphatic carbocycles. The average Bonchev–Trinajstić information content (AvgIpc) is 3.02. The van der Waals surface area contributed by atoms with E-state index < -0.39 is 0 Å². The Bertz CT molecular complexity index is 1020. The molecule has 0 aliphatic heterocycles. The van der Waals surface area contributed by atoms with E-state index in [0.717, 1.165) is 39.8 Å². The third kappa shape index (κ3) is 20.8. The summed E-state index contributed by atoms with van der Waals surface area (Å²) in [6.45, 7) is 26.0. The van der Waals surface area contributed by atoms with Gasteiger partial charge in [0.15, 0.2) is 5.82 Å². The highest BCUT2D eigenvalue weighted by Gasteiger charge is 2.09. The van der Waals surface area contributed by atoms with E-state index in [9.17, 15) is 4.79 Å². The number of aryl methyl sites for hydroxylation is 1. The van der Waals surface area contributed by atoms with Gasteiger partial charge in [0.1, 0.15) is 13.1 Å². The zero-order valence-electron chi connectivity index (χ0n) is 28.3. The predicted octanol–water partition coefficient (Wildman–Crippen LogP) is 9.16. The van der Waals surface area contributed by atoms with Crippen LogP contribution < -0.4 is 0 Å². The maximum absolute atomic E-state index is 9.50. The van der Waals surface area contributed by atoms with Gasteiger partial charge in [0, 0.05) is 62.5 Å². The summed E-state index contributed by atoms with van der Waals surface area (Å²) in [6.07, 6.45) is 13.2. The van der Waals surface area contributed by atoms with Crippen LogP contribution in [0, 0.1) is 12.8 Å². The molecule has 0 fully saturated rings. The fourth-order valence-corrected chi connectivity index (χ4v) is 2.69. The molecule has 0 saturated heterocycles. The van der Waals surface area contributed by atoms with Crippen molar-refractivity contribution < 1.29 is 9.59 Å². The predicted molar refractivity (Wildman–Crippen MR) is 183 cm³/mol. The molecule has 230 valence electrons. The minimum atomic E-state index is 0.204. The number of carbonyl (C=O) groups excluding carboxylic acids is 2. The van der Waals surface area contributed by atoms with Gasteiger partial charge in [-0.05, 0) is 36.6 Å². The van der Waals surface area contributed by atoms with Gasteiger partial charge in [-0.1, -0.05) is 105 Å². The highest BCUT2D eigenvalue weighted by atomic mass is 16.1. The Morgan fingerprint density at radius 3 is 1.95 bits per heavy atom. The van der Waals surface area contributed by atoms with E-state index in [4.69, 9.17) is 9.78 Å². The van der Waals surface area contributed by atoms with Crippen molar-refractivity contribution in [1.29, 1.82) is 0 Å². The molecule has 0 N–H and O–H groups in total. The Morgan fingerprint density at radius 1 is 1.05 bits per heavy atom. The van der Waals surface area contributed by atoms with Gasteiger partial charge in [-0.2, -0.15) is 0 Å². The number of benzene rings is 1. The van der Waals surface area contributed by atoms with Crippen LogP contribution in [0.2, 0.25) is 0 Å². The maximum atomic E-state index is 9.50. The molecule has 2 rings (SSSR count). The van der Waals surface area contributed by atoms with E-state index in [1.165, 1.54) is 12.8 Å². The van der Waals surface area contributed by atoms with Gasteiger partial charge in [-0.25, -0.2) is 9.97 Å². The zero-order chi connectivity index (χ0) is 32.8. The first-order chi connectivity index (χ1) is 19.7. The summed E-state index contributed by atoms with van der Waals surface area (Å²) in [5, 5.41) is 0. The first-order valence-electron chi connectivity index (χ1n) is 14.5. The minimum Gasteiger partial charge on any atom is -0.383 e. The lowest BCUT2D eigenvalue weighted by Gasteiger charge is -2.11. The van der Waals surface area contributed by atoms with Crippen LogP contribution in [0.4, 0.5) is 0 Å². The normalized spacial score (nSPS) is 10.1. The third-order valence-electron chi connectivity index (χ3n) is 4.71. The number of nitrogens with zero attached hydrogens (tertiary/aromatic N) is 4. The molecule has 1 aromatic carbocycles. The Labute approximate surface area is 252 Å². The summed E-state index contributed by atoms with van der Waals surface area (Å²) in [6, 6.07) is 8.21. The van der Waals surface area contributed by atoms with E-state index in [-0.39, 0.29) is 5.92 Å². The zero-order valence-corrected chi connectivity index (χ0v) is 28.3. The number of allylic oxidation sites excluding steroid dienone is 4. The van der Waals surface area contributed by atoms with E-state index in [2.05, 4.69) is 42.5 Å². The Hall–Kier alpha value is -3.67. The summed E-state index contributed by atoms with van der Waals surface area (Å²) in [4.78, 5) is 32.9. The molecule has 6 nitrogen and oxygen atoms in total. The highest BCUT2D eigenvalue weighted by Crippen LogP contribution is 2.24. The largest absolute Gasteiger partial charge is 0.383 e. The lowest BCUT2D eigenvalue weighted by atomic mass is 10.0. The smallest absolute Gasteiger partial charge is 0.159 e. The molecular weight excluding hydrogens is 508 g/mol. The standard InChI is InChI=1S/C22H26N4.C4H8O.C4H10.2C2H6.CH2O/c1-7-17(13-23-4)21-14-24-22(25-16(21)3)20-11-9-10-19(12-20)18(8-2)15-26(5)6;1-4(2)3-5;1-3-4-2;3*1-2/h7-15H,2H2,1,3-6H3;3-4H,1-2H3;3-4H2,1-2H3;2*1-2H3;1H2/b17-7+,18-15+,23-13?;;;;;. The van der Waals surface area contributed by atoms with Crippen molar-refractivity contribution >= 4 is 30.4 Å². The van der Waals surface area contributed by atoms with E-state index in [1.54, 1.807) is 7.05 Å². The molecular formula is C35H58N4O2. The Morgan fingerprint density at radius 2 is 1.59 bits per heavy atom. The summed E-state index contributed by atoms with van der Waals surface area (Å²) >= 11 is 0. The average molecular weight is 567 g/mol. The first kappa shape index (κ1) is 44.4. The van der Waals surface area contributed by atoms with Crippen LogP contribution in [-0.4, -0.2) is 55.3 Å². The minimum absolute atomic E-state index is 0.204. The molecule has 41 heavy (non-hydrogen) atoms. The fraction of sp³-hybridized carbons (Fsp3) is 0.457. The molecule has 0 aliphatic rings. The number of carbonyl (C=O) groups is 2. The monoisotopic (exact) mass is 566 g/mol. The molecule has 0 spiro atoms. The SMILES string of the molecule is C=C/C(=C\N(C)C)c1cccc(-c2ncc(/C(C=NC)=C/C)c(C)n2)c1.C=O.CC.CC.CC(C)C=O.CCCC.